The van der Waals surface area contributed by atoms with Gasteiger partial charge < -0.3 is 9.67 Å². The summed E-state index contributed by atoms with van der Waals surface area (Å²) in [5.74, 6) is -1.53. The predicted octanol–water partition coefficient (Wildman–Crippen LogP) is 2.72. The third-order valence-electron chi connectivity index (χ3n) is 3.75. The van der Waals surface area contributed by atoms with Gasteiger partial charge in [-0.1, -0.05) is 0 Å². The SMILES string of the molecule is Cc1cc2cc(F)c(-c3cc(C(=O)O)nn3C)cc2n1C. The van der Waals surface area contributed by atoms with E-state index in [0.29, 0.717) is 11.3 Å². The molecule has 108 valence electrons. The Morgan fingerprint density at radius 1 is 1.24 bits per heavy atom. The third-order valence-corrected chi connectivity index (χ3v) is 3.75. The number of halogens is 1. The lowest BCUT2D eigenvalue weighted by Gasteiger charge is -2.06. The Bertz CT molecular complexity index is 877. The number of carbonyl (C=O) groups is 1. The first-order valence-corrected chi connectivity index (χ1v) is 6.41. The lowest BCUT2D eigenvalue weighted by atomic mass is 10.1. The van der Waals surface area contributed by atoms with Gasteiger partial charge in [-0.2, -0.15) is 5.10 Å². The molecule has 1 N–H and O–H groups in total. The monoisotopic (exact) mass is 287 g/mol. The molecule has 5 nitrogen and oxygen atoms in total. The summed E-state index contributed by atoms with van der Waals surface area (Å²) in [5, 5.41) is 13.7. The van der Waals surface area contributed by atoms with Gasteiger partial charge in [0.15, 0.2) is 5.69 Å². The average molecular weight is 287 g/mol. The number of hydrogen-bond acceptors (Lipinski definition) is 2. The number of carboxylic acids is 1. The van der Waals surface area contributed by atoms with Gasteiger partial charge in [0.2, 0.25) is 0 Å². The molecule has 0 saturated carbocycles. The van der Waals surface area contributed by atoms with E-state index in [1.54, 1.807) is 13.1 Å². The van der Waals surface area contributed by atoms with Gasteiger partial charge in [-0.25, -0.2) is 9.18 Å². The summed E-state index contributed by atoms with van der Waals surface area (Å²) in [4.78, 5) is 11.0. The Morgan fingerprint density at radius 3 is 2.57 bits per heavy atom. The first-order chi connectivity index (χ1) is 9.88. The topological polar surface area (TPSA) is 60.0 Å². The lowest BCUT2D eigenvalue weighted by molar-refractivity contribution is 0.0689. The maximum atomic E-state index is 14.3. The van der Waals surface area contributed by atoms with Crippen LogP contribution < -0.4 is 0 Å². The smallest absolute Gasteiger partial charge is 0.356 e. The zero-order chi connectivity index (χ0) is 15.3. The standard InChI is InChI=1S/C15H14FN3O2/c1-8-4-9-5-11(16)10(6-13(9)18(8)2)14-7-12(15(20)21)17-19(14)3/h4-7H,1-3H3,(H,20,21). The van der Waals surface area contributed by atoms with E-state index in [1.165, 1.54) is 16.8 Å². The summed E-state index contributed by atoms with van der Waals surface area (Å²) >= 11 is 0. The lowest BCUT2D eigenvalue weighted by Crippen LogP contribution is -1.99. The molecule has 0 bridgehead atoms. The van der Waals surface area contributed by atoms with E-state index in [2.05, 4.69) is 5.10 Å². The van der Waals surface area contributed by atoms with Crippen molar-refractivity contribution in [3.63, 3.8) is 0 Å². The second kappa shape index (κ2) is 4.44. The molecule has 0 fully saturated rings. The number of hydrogen-bond donors (Lipinski definition) is 1. The highest BCUT2D eigenvalue weighted by Crippen LogP contribution is 2.29. The second-order valence-corrected chi connectivity index (χ2v) is 5.08. The van der Waals surface area contributed by atoms with Gasteiger partial charge in [-0.05, 0) is 31.2 Å². The fraction of sp³-hybridized carbons (Fsp3) is 0.200. The fourth-order valence-corrected chi connectivity index (χ4v) is 2.52. The van der Waals surface area contributed by atoms with Gasteiger partial charge >= 0.3 is 5.97 Å². The number of aromatic nitrogens is 3. The van der Waals surface area contributed by atoms with Crippen LogP contribution in [0.4, 0.5) is 4.39 Å². The minimum absolute atomic E-state index is 0.102. The highest BCUT2D eigenvalue weighted by Gasteiger charge is 2.17. The number of carboxylic acid groups (broad SMARTS) is 1. The molecule has 0 atom stereocenters. The molecule has 3 aromatic rings. The van der Waals surface area contributed by atoms with Crippen LogP contribution in [0.15, 0.2) is 24.3 Å². The number of fused-ring (bicyclic) bond motifs is 1. The van der Waals surface area contributed by atoms with Crippen LogP contribution in [0, 0.1) is 12.7 Å². The molecule has 0 saturated heterocycles. The first-order valence-electron chi connectivity index (χ1n) is 6.41. The van der Waals surface area contributed by atoms with Crippen LogP contribution in [0.5, 0.6) is 0 Å². The minimum atomic E-state index is -1.13. The molecule has 0 aliphatic heterocycles. The summed E-state index contributed by atoms with van der Waals surface area (Å²) in [6.45, 7) is 1.95. The predicted molar refractivity (Wildman–Crippen MR) is 76.8 cm³/mol. The van der Waals surface area contributed by atoms with Crippen molar-refractivity contribution >= 4 is 16.9 Å². The van der Waals surface area contributed by atoms with E-state index in [9.17, 15) is 9.18 Å². The summed E-state index contributed by atoms with van der Waals surface area (Å²) < 4.78 is 17.7. The quantitative estimate of drug-likeness (QED) is 0.788. The van der Waals surface area contributed by atoms with Crippen molar-refractivity contribution in [1.29, 1.82) is 0 Å². The Hall–Kier alpha value is -2.63. The van der Waals surface area contributed by atoms with Crippen LogP contribution in [-0.4, -0.2) is 25.4 Å². The maximum Gasteiger partial charge on any atom is 0.356 e. The first kappa shape index (κ1) is 13.4. The number of aryl methyl sites for hydroxylation is 3. The molecule has 1 aromatic carbocycles. The van der Waals surface area contributed by atoms with E-state index in [1.807, 2.05) is 24.6 Å². The van der Waals surface area contributed by atoms with E-state index < -0.39 is 11.8 Å². The average Bonchev–Trinajstić information content (AvgIpc) is 2.91. The van der Waals surface area contributed by atoms with Crippen molar-refractivity contribution in [1.82, 2.24) is 14.3 Å². The van der Waals surface area contributed by atoms with Crippen molar-refractivity contribution in [3.8, 4) is 11.3 Å². The van der Waals surface area contributed by atoms with Crippen molar-refractivity contribution < 1.29 is 14.3 Å². The van der Waals surface area contributed by atoms with Gasteiger partial charge in [0.05, 0.1) is 5.69 Å². The molecule has 6 heteroatoms. The van der Waals surface area contributed by atoms with E-state index in [4.69, 9.17) is 5.11 Å². The van der Waals surface area contributed by atoms with E-state index in [0.717, 1.165) is 16.6 Å². The third kappa shape index (κ3) is 1.99. The highest BCUT2D eigenvalue weighted by molar-refractivity contribution is 5.89. The summed E-state index contributed by atoms with van der Waals surface area (Å²) in [7, 11) is 3.51. The molecule has 0 amide bonds. The van der Waals surface area contributed by atoms with Crippen LogP contribution >= 0.6 is 0 Å². The van der Waals surface area contributed by atoms with Gasteiger partial charge in [-0.3, -0.25) is 4.68 Å². The summed E-state index contributed by atoms with van der Waals surface area (Å²) in [6.07, 6.45) is 0. The Kier molecular flexibility index (Phi) is 2.83. The molecule has 0 unspecified atom stereocenters. The molecular formula is C15H14FN3O2. The molecule has 0 radical (unpaired) electrons. The van der Waals surface area contributed by atoms with E-state index >= 15 is 0 Å². The normalized spacial score (nSPS) is 11.2. The van der Waals surface area contributed by atoms with Crippen molar-refractivity contribution in [2.45, 2.75) is 6.92 Å². The van der Waals surface area contributed by atoms with Gasteiger partial charge in [0.25, 0.3) is 0 Å². The molecule has 3 rings (SSSR count). The van der Waals surface area contributed by atoms with Gasteiger partial charge in [0, 0.05) is 36.3 Å². The van der Waals surface area contributed by atoms with Crippen molar-refractivity contribution in [3.05, 3.63) is 41.5 Å². The Labute approximate surface area is 120 Å². The molecule has 21 heavy (non-hydrogen) atoms. The van der Waals surface area contributed by atoms with Crippen LogP contribution in [0.1, 0.15) is 16.2 Å². The Balaban J connectivity index is 2.27. The summed E-state index contributed by atoms with van der Waals surface area (Å²) in [5.41, 5.74) is 2.59. The zero-order valence-corrected chi connectivity index (χ0v) is 11.9. The number of benzene rings is 1. The molecule has 0 aliphatic carbocycles. The van der Waals surface area contributed by atoms with Crippen LogP contribution in [0.3, 0.4) is 0 Å². The molecule has 0 aliphatic rings. The van der Waals surface area contributed by atoms with Gasteiger partial charge in [0.1, 0.15) is 5.82 Å². The van der Waals surface area contributed by atoms with Gasteiger partial charge in [-0.15, -0.1) is 0 Å². The minimum Gasteiger partial charge on any atom is -0.476 e. The van der Waals surface area contributed by atoms with Crippen LogP contribution in [-0.2, 0) is 14.1 Å². The number of rotatable bonds is 2. The summed E-state index contributed by atoms with van der Waals surface area (Å²) in [6, 6.07) is 6.47. The van der Waals surface area contributed by atoms with Crippen LogP contribution in [0.2, 0.25) is 0 Å². The Morgan fingerprint density at radius 2 is 1.95 bits per heavy atom. The molecule has 0 spiro atoms. The number of nitrogens with zero attached hydrogens (tertiary/aromatic N) is 3. The second-order valence-electron chi connectivity index (χ2n) is 5.08. The largest absolute Gasteiger partial charge is 0.476 e. The van der Waals surface area contributed by atoms with E-state index in [-0.39, 0.29) is 5.69 Å². The molecule has 2 aromatic heterocycles. The molecule has 2 heterocycles. The van der Waals surface area contributed by atoms with Crippen LogP contribution in [0.25, 0.3) is 22.2 Å². The zero-order valence-electron chi connectivity index (χ0n) is 11.9. The van der Waals surface area contributed by atoms with Crippen molar-refractivity contribution in [2.24, 2.45) is 14.1 Å². The highest BCUT2D eigenvalue weighted by atomic mass is 19.1. The molecular weight excluding hydrogens is 273 g/mol. The maximum absolute atomic E-state index is 14.3. The van der Waals surface area contributed by atoms with Crippen molar-refractivity contribution in [2.75, 3.05) is 0 Å². The fourth-order valence-electron chi connectivity index (χ4n) is 2.52. The number of aromatic carboxylic acids is 1.